The van der Waals surface area contributed by atoms with Crippen LogP contribution in [0.15, 0.2) is 24.3 Å². The number of nitriles is 1. The zero-order valence-corrected chi connectivity index (χ0v) is 18.7. The standard InChI is InChI=1S/C25H30FN5O2/c26-17-5-3-16(4-6-17)25(7-1-2-8-25)31-19-11-22(24(31)33)29(13-19)14-20(28)23(32)30-18(12-27)9-15-10-21(15)30/h3-6,15,18-22H,1-2,7-11,13-14,28H2/t15?,18-,19+,20-,21-,22+/m0/s1. The number of carbonyl (C=O) groups excluding carboxylic acids is 2. The lowest BCUT2D eigenvalue weighted by Crippen LogP contribution is -2.60. The average Bonchev–Trinajstić information content (AvgIpc) is 3.20. The van der Waals surface area contributed by atoms with E-state index in [-0.39, 0.29) is 47.3 Å². The van der Waals surface area contributed by atoms with Crippen LogP contribution >= 0.6 is 0 Å². The maximum atomic E-state index is 13.6. The molecule has 6 rings (SSSR count). The molecule has 0 spiro atoms. The van der Waals surface area contributed by atoms with Crippen LogP contribution in [0.4, 0.5) is 4.39 Å². The minimum Gasteiger partial charge on any atom is -0.327 e. The van der Waals surface area contributed by atoms with Gasteiger partial charge in [-0.3, -0.25) is 14.5 Å². The van der Waals surface area contributed by atoms with Gasteiger partial charge in [-0.05, 0) is 55.7 Å². The van der Waals surface area contributed by atoms with Crippen molar-refractivity contribution in [2.45, 2.75) is 80.7 Å². The highest BCUT2D eigenvalue weighted by atomic mass is 19.1. The Labute approximate surface area is 193 Å². The number of rotatable bonds is 5. The largest absolute Gasteiger partial charge is 0.327 e. The van der Waals surface area contributed by atoms with E-state index in [0.29, 0.717) is 19.0 Å². The summed E-state index contributed by atoms with van der Waals surface area (Å²) in [6.45, 7) is 1.04. The van der Waals surface area contributed by atoms with Crippen LogP contribution in [0.2, 0.25) is 0 Å². The van der Waals surface area contributed by atoms with Crippen LogP contribution < -0.4 is 5.73 Å². The van der Waals surface area contributed by atoms with E-state index in [4.69, 9.17) is 5.73 Å². The summed E-state index contributed by atoms with van der Waals surface area (Å²) < 4.78 is 13.6. The van der Waals surface area contributed by atoms with Crippen LogP contribution in [-0.2, 0) is 15.1 Å². The lowest BCUT2D eigenvalue weighted by molar-refractivity contribution is -0.146. The summed E-state index contributed by atoms with van der Waals surface area (Å²) in [6.07, 6.45) is 6.39. The number of carbonyl (C=O) groups is 2. The van der Waals surface area contributed by atoms with Crippen molar-refractivity contribution in [2.24, 2.45) is 11.7 Å². The number of hydrogen-bond acceptors (Lipinski definition) is 5. The molecule has 2 N–H and O–H groups in total. The number of benzene rings is 1. The van der Waals surface area contributed by atoms with Gasteiger partial charge in [0.25, 0.3) is 0 Å². The predicted molar refractivity (Wildman–Crippen MR) is 118 cm³/mol. The molecular weight excluding hydrogens is 421 g/mol. The van der Waals surface area contributed by atoms with Crippen LogP contribution in [0, 0.1) is 23.1 Å². The Morgan fingerprint density at radius 2 is 1.94 bits per heavy atom. The number of fused-ring (bicyclic) bond motifs is 3. The molecule has 2 bridgehead atoms. The Morgan fingerprint density at radius 1 is 1.21 bits per heavy atom. The highest BCUT2D eigenvalue weighted by Gasteiger charge is 2.58. The number of halogens is 1. The third kappa shape index (κ3) is 3.12. The second kappa shape index (κ2) is 7.51. The van der Waals surface area contributed by atoms with Crippen LogP contribution in [0.1, 0.15) is 50.5 Å². The van der Waals surface area contributed by atoms with E-state index in [0.717, 1.165) is 50.5 Å². The van der Waals surface area contributed by atoms with Gasteiger partial charge in [0.05, 0.1) is 23.7 Å². The molecule has 2 amide bonds. The molecule has 8 heteroatoms. The zero-order valence-electron chi connectivity index (χ0n) is 18.7. The van der Waals surface area contributed by atoms with Gasteiger partial charge in [-0.2, -0.15) is 5.26 Å². The predicted octanol–water partition coefficient (Wildman–Crippen LogP) is 1.72. The number of nitrogens with zero attached hydrogens (tertiary/aromatic N) is 4. The molecule has 1 aromatic carbocycles. The molecule has 5 fully saturated rings. The normalized spacial score (nSPS) is 35.1. The Morgan fingerprint density at radius 3 is 2.61 bits per heavy atom. The van der Waals surface area contributed by atoms with Gasteiger partial charge in [-0.15, -0.1) is 0 Å². The zero-order chi connectivity index (χ0) is 22.9. The van der Waals surface area contributed by atoms with Gasteiger partial charge in [0.1, 0.15) is 11.9 Å². The van der Waals surface area contributed by atoms with Crippen molar-refractivity contribution < 1.29 is 14.0 Å². The van der Waals surface area contributed by atoms with Gasteiger partial charge in [-0.1, -0.05) is 25.0 Å². The SMILES string of the molecule is N#C[C@@H]1CC2C[C@@H]2N1C(=O)[C@@H](N)CN1C[C@H]2C[C@@H]1C(=O)N2C1(c2ccc(F)cc2)CCCC1. The molecule has 3 heterocycles. The summed E-state index contributed by atoms with van der Waals surface area (Å²) in [6, 6.07) is 7.81. The average molecular weight is 452 g/mol. The molecule has 3 saturated heterocycles. The van der Waals surface area contributed by atoms with E-state index in [9.17, 15) is 19.2 Å². The molecule has 5 aliphatic rings. The second-order valence-electron chi connectivity index (χ2n) is 10.6. The van der Waals surface area contributed by atoms with Gasteiger partial charge < -0.3 is 15.5 Å². The molecule has 0 aromatic heterocycles. The lowest BCUT2D eigenvalue weighted by Gasteiger charge is -2.46. The fraction of sp³-hybridized carbons (Fsp3) is 0.640. The van der Waals surface area contributed by atoms with Crippen molar-refractivity contribution in [3.63, 3.8) is 0 Å². The van der Waals surface area contributed by atoms with Crippen molar-refractivity contribution in [2.75, 3.05) is 13.1 Å². The third-order valence-corrected chi connectivity index (χ3v) is 8.80. The van der Waals surface area contributed by atoms with Gasteiger partial charge in [-0.25, -0.2) is 4.39 Å². The highest BCUT2D eigenvalue weighted by Crippen LogP contribution is 2.50. The monoisotopic (exact) mass is 451 g/mol. The Balaban J connectivity index is 1.17. The van der Waals surface area contributed by atoms with Crippen molar-refractivity contribution in [1.82, 2.24) is 14.7 Å². The van der Waals surface area contributed by atoms with Crippen molar-refractivity contribution in [3.05, 3.63) is 35.6 Å². The van der Waals surface area contributed by atoms with E-state index in [1.807, 2.05) is 12.1 Å². The quantitative estimate of drug-likeness (QED) is 0.736. The molecule has 6 atom stereocenters. The first-order valence-electron chi connectivity index (χ1n) is 12.2. The first kappa shape index (κ1) is 21.1. The molecule has 174 valence electrons. The molecule has 2 saturated carbocycles. The molecular formula is C25H30FN5O2. The Bertz CT molecular complexity index is 1020. The molecule has 1 aromatic rings. The summed E-state index contributed by atoms with van der Waals surface area (Å²) in [5, 5.41) is 9.41. The van der Waals surface area contributed by atoms with Gasteiger partial charge in [0, 0.05) is 25.2 Å². The summed E-state index contributed by atoms with van der Waals surface area (Å²) in [4.78, 5) is 32.5. The van der Waals surface area contributed by atoms with Crippen molar-refractivity contribution in [3.8, 4) is 6.07 Å². The topological polar surface area (TPSA) is 93.7 Å². The van der Waals surface area contributed by atoms with E-state index in [1.165, 1.54) is 12.1 Å². The van der Waals surface area contributed by atoms with Crippen LogP contribution in [0.25, 0.3) is 0 Å². The fourth-order valence-corrected chi connectivity index (χ4v) is 7.23. The van der Waals surface area contributed by atoms with Crippen LogP contribution in [-0.4, -0.2) is 69.8 Å². The minimum atomic E-state index is -0.724. The third-order valence-electron chi connectivity index (χ3n) is 8.80. The van der Waals surface area contributed by atoms with E-state index >= 15 is 0 Å². The number of nitrogens with two attached hydrogens (primary N) is 1. The Kier molecular flexibility index (Phi) is 4.79. The highest BCUT2D eigenvalue weighted by molar-refractivity contribution is 5.87. The molecule has 0 radical (unpaired) electrons. The minimum absolute atomic E-state index is 0.0828. The van der Waals surface area contributed by atoms with E-state index < -0.39 is 6.04 Å². The molecule has 1 unspecified atom stereocenters. The number of piperazine rings is 1. The second-order valence-corrected chi connectivity index (χ2v) is 10.6. The lowest BCUT2D eigenvalue weighted by atomic mass is 9.85. The number of amides is 2. The first-order valence-corrected chi connectivity index (χ1v) is 12.2. The number of hydrogen-bond donors (Lipinski definition) is 1. The fourth-order valence-electron chi connectivity index (χ4n) is 7.23. The van der Waals surface area contributed by atoms with E-state index in [2.05, 4.69) is 15.9 Å². The molecule has 3 aliphatic heterocycles. The Hall–Kier alpha value is -2.50. The first-order chi connectivity index (χ1) is 15.9. The summed E-state index contributed by atoms with van der Waals surface area (Å²) >= 11 is 0. The van der Waals surface area contributed by atoms with Gasteiger partial charge >= 0.3 is 0 Å². The molecule has 7 nitrogen and oxygen atoms in total. The van der Waals surface area contributed by atoms with Crippen LogP contribution in [0.5, 0.6) is 0 Å². The van der Waals surface area contributed by atoms with Crippen molar-refractivity contribution >= 4 is 11.8 Å². The maximum Gasteiger partial charge on any atom is 0.242 e. The summed E-state index contributed by atoms with van der Waals surface area (Å²) in [5.74, 6) is 0.144. The molecule has 2 aliphatic carbocycles. The van der Waals surface area contributed by atoms with Gasteiger partial charge in [0.2, 0.25) is 11.8 Å². The maximum absolute atomic E-state index is 13.6. The smallest absolute Gasteiger partial charge is 0.242 e. The number of likely N-dealkylation sites (tertiary alicyclic amines) is 3. The summed E-state index contributed by atoms with van der Waals surface area (Å²) in [7, 11) is 0. The van der Waals surface area contributed by atoms with E-state index in [1.54, 1.807) is 4.90 Å². The van der Waals surface area contributed by atoms with Crippen LogP contribution in [0.3, 0.4) is 0 Å². The van der Waals surface area contributed by atoms with Gasteiger partial charge in [0.15, 0.2) is 0 Å². The van der Waals surface area contributed by atoms with Crippen molar-refractivity contribution in [1.29, 1.82) is 5.26 Å². The molecule has 33 heavy (non-hydrogen) atoms. The summed E-state index contributed by atoms with van der Waals surface area (Å²) in [5.41, 5.74) is 7.01. The number of piperidine rings is 1.